The van der Waals surface area contributed by atoms with Crippen LogP contribution >= 0.6 is 0 Å². The Kier molecular flexibility index (Phi) is 4.64. The van der Waals surface area contributed by atoms with Gasteiger partial charge in [-0.1, -0.05) is 84.9 Å². The molecule has 2 nitrogen and oxygen atoms in total. The van der Waals surface area contributed by atoms with Crippen molar-refractivity contribution < 1.29 is 5.11 Å². The van der Waals surface area contributed by atoms with E-state index in [0.717, 1.165) is 25.1 Å². The van der Waals surface area contributed by atoms with Gasteiger partial charge in [-0.2, -0.15) is 0 Å². The minimum absolute atomic E-state index is 0.109. The highest BCUT2D eigenvalue weighted by Crippen LogP contribution is 2.35. The summed E-state index contributed by atoms with van der Waals surface area (Å²) in [4.78, 5) is 2.41. The molecule has 2 heteroatoms. The Morgan fingerprint density at radius 2 is 1.24 bits per heavy atom. The van der Waals surface area contributed by atoms with E-state index in [0.29, 0.717) is 0 Å². The fraction of sp³-hybridized carbons (Fsp3) is 0.217. The van der Waals surface area contributed by atoms with Gasteiger partial charge in [0.25, 0.3) is 0 Å². The van der Waals surface area contributed by atoms with Crippen LogP contribution in [-0.4, -0.2) is 16.0 Å². The van der Waals surface area contributed by atoms with Gasteiger partial charge in [0.15, 0.2) is 0 Å². The minimum Gasteiger partial charge on any atom is -0.387 e. The number of fused-ring (bicyclic) bond motifs is 1. The Bertz CT molecular complexity index is 774. The first-order chi connectivity index (χ1) is 12.3. The molecule has 1 aliphatic carbocycles. The fourth-order valence-corrected chi connectivity index (χ4v) is 3.81. The van der Waals surface area contributed by atoms with E-state index in [-0.39, 0.29) is 6.04 Å². The van der Waals surface area contributed by atoms with Gasteiger partial charge in [-0.3, -0.25) is 4.90 Å². The lowest BCUT2D eigenvalue weighted by Gasteiger charge is -2.31. The molecule has 0 heterocycles. The molecule has 0 radical (unpaired) electrons. The monoisotopic (exact) mass is 329 g/mol. The molecule has 126 valence electrons. The van der Waals surface area contributed by atoms with Crippen LogP contribution in [0.3, 0.4) is 0 Å². The lowest BCUT2D eigenvalue weighted by Crippen LogP contribution is -2.37. The van der Waals surface area contributed by atoms with Gasteiger partial charge in [0.2, 0.25) is 0 Å². The normalized spacial score (nSPS) is 19.1. The maximum Gasteiger partial charge on any atom is 0.0951 e. The predicted molar refractivity (Wildman–Crippen MR) is 101 cm³/mol. The van der Waals surface area contributed by atoms with Crippen LogP contribution in [0.4, 0.5) is 0 Å². The van der Waals surface area contributed by atoms with E-state index in [2.05, 4.69) is 71.6 Å². The average Bonchev–Trinajstić information content (AvgIpc) is 3.00. The summed E-state index contributed by atoms with van der Waals surface area (Å²) in [5.74, 6) is 0. The van der Waals surface area contributed by atoms with Crippen LogP contribution in [0.2, 0.25) is 0 Å². The van der Waals surface area contributed by atoms with Crippen LogP contribution in [0, 0.1) is 0 Å². The van der Waals surface area contributed by atoms with Crippen molar-refractivity contribution in [3.8, 4) is 0 Å². The fourth-order valence-electron chi connectivity index (χ4n) is 3.81. The van der Waals surface area contributed by atoms with Crippen molar-refractivity contribution >= 4 is 0 Å². The molecule has 2 atom stereocenters. The molecule has 3 aromatic rings. The lowest BCUT2D eigenvalue weighted by molar-refractivity contribution is 0.0509. The average molecular weight is 329 g/mol. The summed E-state index contributed by atoms with van der Waals surface area (Å²) in [6.45, 7) is 1.68. The first kappa shape index (κ1) is 16.1. The Hall–Kier alpha value is -2.42. The molecule has 0 amide bonds. The van der Waals surface area contributed by atoms with Gasteiger partial charge < -0.3 is 5.11 Å². The van der Waals surface area contributed by atoms with Gasteiger partial charge in [-0.05, 0) is 28.7 Å². The number of hydrogen-bond donors (Lipinski definition) is 1. The molecule has 0 spiro atoms. The van der Waals surface area contributed by atoms with E-state index in [1.165, 1.54) is 16.7 Å². The van der Waals surface area contributed by atoms with Crippen molar-refractivity contribution in [1.29, 1.82) is 0 Å². The van der Waals surface area contributed by atoms with Crippen molar-refractivity contribution in [3.63, 3.8) is 0 Å². The molecule has 0 bridgehead atoms. The summed E-state index contributed by atoms with van der Waals surface area (Å²) in [7, 11) is 0. The molecule has 1 N–H and O–H groups in total. The molecule has 1 aliphatic rings. The first-order valence-electron chi connectivity index (χ1n) is 8.89. The standard InChI is InChI=1S/C23H23NO/c25-23-21-14-8-7-13-20(21)15-22(23)24(16-18-9-3-1-4-10-18)17-19-11-5-2-6-12-19/h1-14,22-23,25H,15-17H2/t22-,23+/m1/s1. The maximum absolute atomic E-state index is 10.9. The zero-order valence-corrected chi connectivity index (χ0v) is 14.3. The van der Waals surface area contributed by atoms with Gasteiger partial charge in [0.05, 0.1) is 6.10 Å². The molecular formula is C23H23NO. The molecule has 0 aromatic heterocycles. The van der Waals surface area contributed by atoms with Gasteiger partial charge in [-0.25, -0.2) is 0 Å². The highest BCUT2D eigenvalue weighted by atomic mass is 16.3. The third-order valence-electron chi connectivity index (χ3n) is 5.09. The number of rotatable bonds is 5. The van der Waals surface area contributed by atoms with Gasteiger partial charge in [-0.15, -0.1) is 0 Å². The van der Waals surface area contributed by atoms with Gasteiger partial charge >= 0.3 is 0 Å². The van der Waals surface area contributed by atoms with Crippen LogP contribution in [0.25, 0.3) is 0 Å². The number of benzene rings is 3. The summed E-state index contributed by atoms with van der Waals surface area (Å²) in [6, 6.07) is 29.4. The van der Waals surface area contributed by atoms with Crippen LogP contribution in [0.15, 0.2) is 84.9 Å². The molecular weight excluding hydrogens is 306 g/mol. The number of aliphatic hydroxyl groups excluding tert-OH is 1. The van der Waals surface area contributed by atoms with E-state index in [4.69, 9.17) is 0 Å². The highest BCUT2D eigenvalue weighted by molar-refractivity contribution is 5.36. The summed E-state index contributed by atoms with van der Waals surface area (Å²) >= 11 is 0. The highest BCUT2D eigenvalue weighted by Gasteiger charge is 2.34. The van der Waals surface area contributed by atoms with Crippen LogP contribution in [0.5, 0.6) is 0 Å². The van der Waals surface area contributed by atoms with E-state index in [1.54, 1.807) is 0 Å². The Morgan fingerprint density at radius 1 is 0.720 bits per heavy atom. The first-order valence-corrected chi connectivity index (χ1v) is 8.89. The molecule has 0 fully saturated rings. The molecule has 0 saturated carbocycles. The number of aliphatic hydroxyl groups is 1. The van der Waals surface area contributed by atoms with E-state index < -0.39 is 6.10 Å². The zero-order chi connectivity index (χ0) is 17.1. The summed E-state index contributed by atoms with van der Waals surface area (Å²) in [5.41, 5.74) is 4.91. The van der Waals surface area contributed by atoms with Crippen molar-refractivity contribution in [2.45, 2.75) is 31.7 Å². The quantitative estimate of drug-likeness (QED) is 0.752. The van der Waals surface area contributed by atoms with Gasteiger partial charge in [0.1, 0.15) is 0 Å². The van der Waals surface area contributed by atoms with Crippen LogP contribution in [-0.2, 0) is 19.5 Å². The summed E-state index contributed by atoms with van der Waals surface area (Å²) < 4.78 is 0. The summed E-state index contributed by atoms with van der Waals surface area (Å²) in [5, 5.41) is 10.9. The third-order valence-corrected chi connectivity index (χ3v) is 5.09. The van der Waals surface area contributed by atoms with Crippen LogP contribution in [0.1, 0.15) is 28.4 Å². The lowest BCUT2D eigenvalue weighted by atomic mass is 10.1. The molecule has 3 aromatic carbocycles. The number of nitrogens with zero attached hydrogens (tertiary/aromatic N) is 1. The topological polar surface area (TPSA) is 23.5 Å². The smallest absolute Gasteiger partial charge is 0.0951 e. The second kappa shape index (κ2) is 7.22. The minimum atomic E-state index is -0.427. The Labute approximate surface area is 149 Å². The zero-order valence-electron chi connectivity index (χ0n) is 14.3. The third kappa shape index (κ3) is 3.51. The van der Waals surface area contributed by atoms with Crippen molar-refractivity contribution in [2.75, 3.05) is 0 Å². The largest absolute Gasteiger partial charge is 0.387 e. The molecule has 4 rings (SSSR count). The van der Waals surface area contributed by atoms with E-state index >= 15 is 0 Å². The van der Waals surface area contributed by atoms with E-state index in [9.17, 15) is 5.11 Å². The predicted octanol–water partition coefficient (Wildman–Crippen LogP) is 4.35. The SMILES string of the molecule is O[C@H]1c2ccccc2C[C@H]1N(Cc1ccccc1)Cc1ccccc1. The van der Waals surface area contributed by atoms with Crippen molar-refractivity contribution in [3.05, 3.63) is 107 Å². The Balaban J connectivity index is 1.61. The number of hydrogen-bond acceptors (Lipinski definition) is 2. The maximum atomic E-state index is 10.9. The second-order valence-corrected chi connectivity index (χ2v) is 6.79. The van der Waals surface area contributed by atoms with Crippen molar-refractivity contribution in [1.82, 2.24) is 4.90 Å². The molecule has 0 unspecified atom stereocenters. The van der Waals surface area contributed by atoms with Crippen molar-refractivity contribution in [2.24, 2.45) is 0 Å². The van der Waals surface area contributed by atoms with Crippen LogP contribution < -0.4 is 0 Å². The summed E-state index contributed by atoms with van der Waals surface area (Å²) in [6.07, 6.45) is 0.473. The molecule has 25 heavy (non-hydrogen) atoms. The second-order valence-electron chi connectivity index (χ2n) is 6.79. The molecule has 0 saturated heterocycles. The van der Waals surface area contributed by atoms with E-state index in [1.807, 2.05) is 18.2 Å². The Morgan fingerprint density at radius 3 is 1.80 bits per heavy atom. The molecule has 0 aliphatic heterocycles. The van der Waals surface area contributed by atoms with Gasteiger partial charge in [0, 0.05) is 19.1 Å².